The van der Waals surface area contributed by atoms with E-state index in [1.807, 2.05) is 0 Å². The van der Waals surface area contributed by atoms with Gasteiger partial charge in [0.2, 0.25) is 5.91 Å². The number of benzene rings is 2. The Morgan fingerprint density at radius 2 is 2.10 bits per heavy atom. The Kier molecular flexibility index (Phi) is 6.85. The molecule has 2 aromatic carbocycles. The van der Waals surface area contributed by atoms with Crippen LogP contribution in [0, 0.1) is 15.9 Å². The van der Waals surface area contributed by atoms with Gasteiger partial charge < -0.3 is 14.6 Å². The Hall–Kier alpha value is -3.18. The van der Waals surface area contributed by atoms with Gasteiger partial charge in [0, 0.05) is 13.1 Å². The molecule has 0 saturated heterocycles. The number of aromatic nitrogens is 3. The van der Waals surface area contributed by atoms with Crippen molar-refractivity contribution in [2.45, 2.75) is 11.8 Å². The number of para-hydroxylation sites is 2. The van der Waals surface area contributed by atoms with E-state index < -0.39 is 16.6 Å². The topological polar surface area (TPSA) is 112 Å². The standard InChI is InChI=1S/C18H15ClFN5O4S/c1-24-16(9-29-15-7-6-11(20)8-12(15)19)22-23-18(24)30-10-17(26)21-13-4-2-3-5-14(13)25(27)28/h2-8H,9-10H2,1H3,(H,21,26). The summed E-state index contributed by atoms with van der Waals surface area (Å²) in [5.74, 6) is -0.143. The fraction of sp³-hybridized carbons (Fsp3) is 0.167. The van der Waals surface area contributed by atoms with Crippen molar-refractivity contribution in [2.24, 2.45) is 7.05 Å². The average Bonchev–Trinajstić information content (AvgIpc) is 3.05. The van der Waals surface area contributed by atoms with Crippen molar-refractivity contribution in [1.82, 2.24) is 14.8 Å². The molecule has 1 N–H and O–H groups in total. The molecule has 3 rings (SSSR count). The van der Waals surface area contributed by atoms with Gasteiger partial charge in [-0.3, -0.25) is 14.9 Å². The van der Waals surface area contributed by atoms with E-state index >= 15 is 0 Å². The van der Waals surface area contributed by atoms with E-state index in [0.29, 0.717) is 16.7 Å². The zero-order valence-electron chi connectivity index (χ0n) is 15.5. The SMILES string of the molecule is Cn1c(COc2ccc(F)cc2Cl)nnc1SCC(=O)Nc1ccccc1[N+](=O)[O-]. The van der Waals surface area contributed by atoms with E-state index in [1.54, 1.807) is 17.7 Å². The van der Waals surface area contributed by atoms with E-state index in [0.717, 1.165) is 17.8 Å². The summed E-state index contributed by atoms with van der Waals surface area (Å²) >= 11 is 7.04. The van der Waals surface area contributed by atoms with E-state index in [4.69, 9.17) is 16.3 Å². The maximum atomic E-state index is 13.1. The highest BCUT2D eigenvalue weighted by Crippen LogP contribution is 2.26. The highest BCUT2D eigenvalue weighted by atomic mass is 35.5. The van der Waals surface area contributed by atoms with Crippen LogP contribution in [0.2, 0.25) is 5.02 Å². The summed E-state index contributed by atoms with van der Waals surface area (Å²) < 4.78 is 20.3. The lowest BCUT2D eigenvalue weighted by atomic mass is 10.2. The lowest BCUT2D eigenvalue weighted by Gasteiger charge is -2.08. The highest BCUT2D eigenvalue weighted by Gasteiger charge is 2.16. The number of halogens is 2. The number of nitrogens with zero attached hydrogens (tertiary/aromatic N) is 4. The van der Waals surface area contributed by atoms with Crippen molar-refractivity contribution >= 4 is 40.6 Å². The summed E-state index contributed by atoms with van der Waals surface area (Å²) in [7, 11) is 1.70. The van der Waals surface area contributed by atoms with Gasteiger partial charge in [-0.1, -0.05) is 35.5 Å². The first-order valence-corrected chi connectivity index (χ1v) is 9.83. The second kappa shape index (κ2) is 9.55. The van der Waals surface area contributed by atoms with Crippen LogP contribution >= 0.6 is 23.4 Å². The summed E-state index contributed by atoms with van der Waals surface area (Å²) in [5, 5.41) is 22.1. The normalized spacial score (nSPS) is 10.6. The number of rotatable bonds is 8. The van der Waals surface area contributed by atoms with Crippen molar-refractivity contribution in [2.75, 3.05) is 11.1 Å². The number of anilines is 1. The number of carbonyl (C=O) groups excluding carboxylic acids is 1. The number of thioether (sulfide) groups is 1. The Bertz CT molecular complexity index is 1090. The highest BCUT2D eigenvalue weighted by molar-refractivity contribution is 7.99. The third-order valence-electron chi connectivity index (χ3n) is 3.88. The van der Waals surface area contributed by atoms with Crippen molar-refractivity contribution in [1.29, 1.82) is 0 Å². The molecule has 0 aliphatic carbocycles. The van der Waals surface area contributed by atoms with Gasteiger partial charge in [-0.2, -0.15) is 0 Å². The third-order valence-corrected chi connectivity index (χ3v) is 5.20. The molecule has 3 aromatic rings. The summed E-state index contributed by atoms with van der Waals surface area (Å²) in [6.07, 6.45) is 0. The van der Waals surface area contributed by atoms with E-state index in [2.05, 4.69) is 15.5 Å². The minimum Gasteiger partial charge on any atom is -0.484 e. The van der Waals surface area contributed by atoms with Gasteiger partial charge in [0.1, 0.15) is 23.9 Å². The second-order valence-corrected chi connectivity index (χ2v) is 7.28. The first-order valence-electron chi connectivity index (χ1n) is 8.47. The van der Waals surface area contributed by atoms with Gasteiger partial charge >= 0.3 is 0 Å². The van der Waals surface area contributed by atoms with Gasteiger partial charge in [-0.15, -0.1) is 10.2 Å². The van der Waals surface area contributed by atoms with Gasteiger partial charge in [0.05, 0.1) is 15.7 Å². The molecule has 1 amide bonds. The van der Waals surface area contributed by atoms with Crippen LogP contribution < -0.4 is 10.1 Å². The van der Waals surface area contributed by atoms with Crippen LogP contribution in [0.1, 0.15) is 5.82 Å². The minimum absolute atomic E-state index is 0.0251. The summed E-state index contributed by atoms with van der Waals surface area (Å²) in [6.45, 7) is 0.0395. The van der Waals surface area contributed by atoms with Crippen LogP contribution in [0.15, 0.2) is 47.6 Å². The molecule has 0 aliphatic rings. The number of carbonyl (C=O) groups is 1. The second-order valence-electron chi connectivity index (χ2n) is 5.93. The lowest BCUT2D eigenvalue weighted by molar-refractivity contribution is -0.383. The zero-order chi connectivity index (χ0) is 21.7. The number of hydrogen-bond donors (Lipinski definition) is 1. The van der Waals surface area contributed by atoms with Crippen molar-refractivity contribution < 1.29 is 18.8 Å². The number of nitrogens with one attached hydrogen (secondary N) is 1. The molecule has 0 aliphatic heterocycles. The Morgan fingerprint density at radius 1 is 1.33 bits per heavy atom. The molecule has 0 bridgehead atoms. The Balaban J connectivity index is 1.57. The smallest absolute Gasteiger partial charge is 0.292 e. The van der Waals surface area contributed by atoms with Gasteiger partial charge in [0.15, 0.2) is 11.0 Å². The van der Waals surface area contributed by atoms with Crippen LogP contribution in [0.4, 0.5) is 15.8 Å². The lowest BCUT2D eigenvalue weighted by Crippen LogP contribution is -2.15. The molecular weight excluding hydrogens is 437 g/mol. The summed E-state index contributed by atoms with van der Waals surface area (Å²) in [5.41, 5.74) is -0.0651. The molecule has 9 nitrogen and oxygen atoms in total. The Labute approximate surface area is 179 Å². The number of ether oxygens (including phenoxy) is 1. The van der Waals surface area contributed by atoms with Crippen molar-refractivity contribution in [3.8, 4) is 5.75 Å². The molecular formula is C18H15ClFN5O4S. The molecule has 0 radical (unpaired) electrons. The van der Waals surface area contributed by atoms with Crippen LogP contribution in [-0.2, 0) is 18.4 Å². The van der Waals surface area contributed by atoms with Crippen molar-refractivity contribution in [3.05, 3.63) is 69.2 Å². The number of hydrogen-bond acceptors (Lipinski definition) is 7. The fourth-order valence-electron chi connectivity index (χ4n) is 2.39. The number of amides is 1. The monoisotopic (exact) mass is 451 g/mol. The first-order chi connectivity index (χ1) is 14.3. The van der Waals surface area contributed by atoms with E-state index in [1.165, 1.54) is 30.3 Å². The fourth-order valence-corrected chi connectivity index (χ4v) is 3.34. The number of nitro groups is 1. The maximum Gasteiger partial charge on any atom is 0.292 e. The minimum atomic E-state index is -0.564. The van der Waals surface area contributed by atoms with Gasteiger partial charge in [-0.05, 0) is 24.3 Å². The van der Waals surface area contributed by atoms with Crippen LogP contribution in [0.3, 0.4) is 0 Å². The molecule has 12 heteroatoms. The van der Waals surface area contributed by atoms with Crippen LogP contribution in [0.25, 0.3) is 0 Å². The molecule has 156 valence electrons. The average molecular weight is 452 g/mol. The van der Waals surface area contributed by atoms with Crippen LogP contribution in [-0.4, -0.2) is 31.3 Å². The van der Waals surface area contributed by atoms with Gasteiger partial charge in [-0.25, -0.2) is 4.39 Å². The molecule has 0 saturated carbocycles. The molecule has 0 spiro atoms. The molecule has 0 atom stereocenters. The van der Waals surface area contributed by atoms with E-state index in [9.17, 15) is 19.3 Å². The molecule has 1 aromatic heterocycles. The Morgan fingerprint density at radius 3 is 2.83 bits per heavy atom. The molecule has 1 heterocycles. The molecule has 0 fully saturated rings. The largest absolute Gasteiger partial charge is 0.484 e. The molecule has 30 heavy (non-hydrogen) atoms. The maximum absolute atomic E-state index is 13.1. The molecule has 0 unspecified atom stereocenters. The zero-order valence-corrected chi connectivity index (χ0v) is 17.1. The first kappa shape index (κ1) is 21.5. The predicted molar refractivity (Wildman–Crippen MR) is 109 cm³/mol. The summed E-state index contributed by atoms with van der Waals surface area (Å²) in [4.78, 5) is 22.6. The quantitative estimate of drug-likeness (QED) is 0.314. The predicted octanol–water partition coefficient (Wildman–Crippen LogP) is 3.83. The van der Waals surface area contributed by atoms with E-state index in [-0.39, 0.29) is 28.8 Å². The summed E-state index contributed by atoms with van der Waals surface area (Å²) in [6, 6.07) is 9.67. The number of nitro benzene ring substituents is 1. The van der Waals surface area contributed by atoms with Crippen LogP contribution in [0.5, 0.6) is 5.75 Å². The van der Waals surface area contributed by atoms with Gasteiger partial charge in [0.25, 0.3) is 5.69 Å². The third kappa shape index (κ3) is 5.24. The van der Waals surface area contributed by atoms with Crippen molar-refractivity contribution in [3.63, 3.8) is 0 Å².